The van der Waals surface area contributed by atoms with Gasteiger partial charge in [-0.25, -0.2) is 14.0 Å². The van der Waals surface area contributed by atoms with Crippen LogP contribution in [0.15, 0.2) is 36.7 Å². The van der Waals surface area contributed by atoms with Gasteiger partial charge in [0.05, 0.1) is 28.2 Å². The molecule has 0 spiro atoms. The van der Waals surface area contributed by atoms with Crippen molar-refractivity contribution >= 4 is 35.0 Å². The number of aromatic nitrogens is 1. The number of hydrogen-bond acceptors (Lipinski definition) is 3. The normalized spacial score (nSPS) is 10.0. The standard InChI is InChI=1S/C13H9ClFN3O3/c14-9-2-1-3-10(11(9)15)18-13(21)17-8-4-7(12(19)20)5-16-6-8/h1-6H,(H,19,20)(H2,17,18,21). The number of carbonyl (C=O) groups is 2. The monoisotopic (exact) mass is 309 g/mol. The second-order valence-electron chi connectivity index (χ2n) is 3.95. The molecule has 0 unspecified atom stereocenters. The molecule has 0 fully saturated rings. The summed E-state index contributed by atoms with van der Waals surface area (Å²) in [7, 11) is 0. The zero-order chi connectivity index (χ0) is 15.4. The van der Waals surface area contributed by atoms with Crippen molar-refractivity contribution < 1.29 is 19.1 Å². The van der Waals surface area contributed by atoms with E-state index in [2.05, 4.69) is 15.6 Å². The summed E-state index contributed by atoms with van der Waals surface area (Å²) in [6.07, 6.45) is 2.41. The molecule has 6 nitrogen and oxygen atoms in total. The predicted molar refractivity (Wildman–Crippen MR) is 75.2 cm³/mol. The van der Waals surface area contributed by atoms with Gasteiger partial charge in [-0.15, -0.1) is 0 Å². The van der Waals surface area contributed by atoms with Gasteiger partial charge in [-0.05, 0) is 18.2 Å². The number of urea groups is 1. The Kier molecular flexibility index (Phi) is 4.34. The summed E-state index contributed by atoms with van der Waals surface area (Å²) >= 11 is 5.59. The van der Waals surface area contributed by atoms with Gasteiger partial charge in [-0.2, -0.15) is 0 Å². The third-order valence-corrected chi connectivity index (χ3v) is 2.73. The van der Waals surface area contributed by atoms with E-state index in [0.717, 1.165) is 6.20 Å². The van der Waals surface area contributed by atoms with E-state index in [9.17, 15) is 14.0 Å². The molecule has 21 heavy (non-hydrogen) atoms. The Balaban J connectivity index is 2.10. The largest absolute Gasteiger partial charge is 0.478 e. The lowest BCUT2D eigenvalue weighted by Gasteiger charge is -2.09. The molecule has 0 saturated carbocycles. The van der Waals surface area contributed by atoms with Crippen LogP contribution in [-0.2, 0) is 0 Å². The van der Waals surface area contributed by atoms with Gasteiger partial charge in [0.1, 0.15) is 0 Å². The van der Waals surface area contributed by atoms with Crippen molar-refractivity contribution in [3.8, 4) is 0 Å². The molecule has 3 N–H and O–H groups in total. The highest BCUT2D eigenvalue weighted by molar-refractivity contribution is 6.31. The van der Waals surface area contributed by atoms with Crippen molar-refractivity contribution in [3.05, 3.63) is 53.1 Å². The van der Waals surface area contributed by atoms with Gasteiger partial charge in [0.25, 0.3) is 0 Å². The smallest absolute Gasteiger partial charge is 0.337 e. The molecule has 1 aromatic heterocycles. The van der Waals surface area contributed by atoms with Crippen LogP contribution in [0.25, 0.3) is 0 Å². The fourth-order valence-corrected chi connectivity index (χ4v) is 1.68. The Morgan fingerprint density at radius 1 is 1.24 bits per heavy atom. The minimum absolute atomic E-state index is 0.0817. The third kappa shape index (κ3) is 3.67. The molecular weight excluding hydrogens is 301 g/mol. The Morgan fingerprint density at radius 2 is 2.00 bits per heavy atom. The molecule has 1 heterocycles. The minimum atomic E-state index is -1.17. The first-order chi connectivity index (χ1) is 9.97. The Morgan fingerprint density at radius 3 is 2.71 bits per heavy atom. The van der Waals surface area contributed by atoms with Crippen LogP contribution in [0, 0.1) is 5.82 Å². The molecule has 2 amide bonds. The van der Waals surface area contributed by atoms with Gasteiger partial charge in [-0.3, -0.25) is 4.98 Å². The number of rotatable bonds is 3. The van der Waals surface area contributed by atoms with Crippen molar-refractivity contribution in [2.45, 2.75) is 0 Å². The first-order valence-electron chi connectivity index (χ1n) is 5.67. The average Bonchev–Trinajstić information content (AvgIpc) is 2.44. The van der Waals surface area contributed by atoms with Gasteiger partial charge >= 0.3 is 12.0 Å². The van der Waals surface area contributed by atoms with Crippen LogP contribution in [0.4, 0.5) is 20.6 Å². The Labute approximate surface area is 123 Å². The van der Waals surface area contributed by atoms with E-state index in [1.165, 1.54) is 30.5 Å². The van der Waals surface area contributed by atoms with E-state index in [1.807, 2.05) is 0 Å². The number of nitrogens with one attached hydrogen (secondary N) is 2. The van der Waals surface area contributed by atoms with Crippen LogP contribution in [-0.4, -0.2) is 22.1 Å². The lowest BCUT2D eigenvalue weighted by Crippen LogP contribution is -2.20. The van der Waals surface area contributed by atoms with Crippen molar-refractivity contribution in [3.63, 3.8) is 0 Å². The molecule has 0 aliphatic heterocycles. The van der Waals surface area contributed by atoms with Crippen LogP contribution in [0.3, 0.4) is 0 Å². The molecular formula is C13H9ClFN3O3. The number of anilines is 2. The van der Waals surface area contributed by atoms with E-state index in [0.29, 0.717) is 0 Å². The molecule has 0 radical (unpaired) electrons. The zero-order valence-corrected chi connectivity index (χ0v) is 11.2. The fourth-order valence-electron chi connectivity index (χ4n) is 1.51. The molecule has 2 aromatic rings. The maximum absolute atomic E-state index is 13.6. The summed E-state index contributed by atoms with van der Waals surface area (Å²) in [6.45, 7) is 0. The molecule has 1 aromatic carbocycles. The second kappa shape index (κ2) is 6.19. The van der Waals surface area contributed by atoms with Crippen LogP contribution in [0.2, 0.25) is 5.02 Å². The first-order valence-corrected chi connectivity index (χ1v) is 6.05. The molecule has 0 atom stereocenters. The second-order valence-corrected chi connectivity index (χ2v) is 4.36. The van der Waals surface area contributed by atoms with Gasteiger partial charge in [0.2, 0.25) is 0 Å². The molecule has 0 bridgehead atoms. The van der Waals surface area contributed by atoms with Crippen LogP contribution in [0.1, 0.15) is 10.4 Å². The van der Waals surface area contributed by atoms with E-state index >= 15 is 0 Å². The molecule has 8 heteroatoms. The molecule has 108 valence electrons. The highest BCUT2D eigenvalue weighted by Gasteiger charge is 2.11. The quantitative estimate of drug-likeness (QED) is 0.812. The van der Waals surface area contributed by atoms with Crippen molar-refractivity contribution in [2.75, 3.05) is 10.6 Å². The average molecular weight is 310 g/mol. The summed E-state index contributed by atoms with van der Waals surface area (Å²) in [6, 6.07) is 4.64. The Hall–Kier alpha value is -2.67. The van der Waals surface area contributed by atoms with E-state index in [-0.39, 0.29) is 22.0 Å². The van der Waals surface area contributed by atoms with Crippen molar-refractivity contribution in [1.82, 2.24) is 4.98 Å². The number of amides is 2. The lowest BCUT2D eigenvalue weighted by atomic mass is 10.2. The van der Waals surface area contributed by atoms with Crippen LogP contribution < -0.4 is 10.6 Å². The van der Waals surface area contributed by atoms with E-state index < -0.39 is 17.8 Å². The van der Waals surface area contributed by atoms with Gasteiger partial charge < -0.3 is 15.7 Å². The number of halogens is 2. The van der Waals surface area contributed by atoms with Gasteiger partial charge in [-0.1, -0.05) is 17.7 Å². The topological polar surface area (TPSA) is 91.3 Å². The van der Waals surface area contributed by atoms with Crippen molar-refractivity contribution in [2.24, 2.45) is 0 Å². The number of aromatic carboxylic acids is 1. The maximum atomic E-state index is 13.6. The maximum Gasteiger partial charge on any atom is 0.337 e. The summed E-state index contributed by atoms with van der Waals surface area (Å²) in [4.78, 5) is 26.2. The minimum Gasteiger partial charge on any atom is -0.478 e. The number of carboxylic acid groups (broad SMARTS) is 1. The number of nitrogens with zero attached hydrogens (tertiary/aromatic N) is 1. The van der Waals surface area contributed by atoms with Gasteiger partial charge in [0.15, 0.2) is 5.82 Å². The fraction of sp³-hybridized carbons (Fsp3) is 0. The molecule has 2 rings (SSSR count). The van der Waals surface area contributed by atoms with Gasteiger partial charge in [0, 0.05) is 6.20 Å². The van der Waals surface area contributed by atoms with E-state index in [4.69, 9.17) is 16.7 Å². The first kappa shape index (κ1) is 14.7. The number of hydrogen-bond donors (Lipinski definition) is 3. The molecule has 0 aliphatic carbocycles. The number of pyridine rings is 1. The summed E-state index contributed by atoms with van der Waals surface area (Å²) < 4.78 is 13.6. The van der Waals surface area contributed by atoms with Crippen LogP contribution >= 0.6 is 11.6 Å². The predicted octanol–water partition coefficient (Wildman–Crippen LogP) is 3.22. The summed E-state index contributed by atoms with van der Waals surface area (Å²) in [5, 5.41) is 13.3. The number of benzene rings is 1. The third-order valence-electron chi connectivity index (χ3n) is 2.44. The molecule has 0 saturated heterocycles. The van der Waals surface area contributed by atoms with Crippen LogP contribution in [0.5, 0.6) is 0 Å². The highest BCUT2D eigenvalue weighted by Crippen LogP contribution is 2.22. The molecule has 0 aliphatic rings. The summed E-state index contributed by atoms with van der Waals surface area (Å²) in [5.41, 5.74) is -0.0149. The lowest BCUT2D eigenvalue weighted by molar-refractivity contribution is 0.0696. The number of carbonyl (C=O) groups excluding carboxylic acids is 1. The van der Waals surface area contributed by atoms with E-state index in [1.54, 1.807) is 0 Å². The number of carboxylic acids is 1. The summed E-state index contributed by atoms with van der Waals surface area (Å²) in [5.74, 6) is -1.93. The Bertz CT molecular complexity index is 709. The van der Waals surface area contributed by atoms with Crippen molar-refractivity contribution in [1.29, 1.82) is 0 Å². The SMILES string of the molecule is O=C(Nc1cncc(C(=O)O)c1)Nc1cccc(Cl)c1F. The highest BCUT2D eigenvalue weighted by atomic mass is 35.5. The zero-order valence-electron chi connectivity index (χ0n) is 10.4.